The zero-order valence-corrected chi connectivity index (χ0v) is 13.9. The lowest BCUT2D eigenvalue weighted by Crippen LogP contribution is -2.28. The van der Waals surface area contributed by atoms with Gasteiger partial charge in [0.2, 0.25) is 5.91 Å². The zero-order chi connectivity index (χ0) is 18.1. The Hall–Kier alpha value is -2.76. The summed E-state index contributed by atoms with van der Waals surface area (Å²) in [4.78, 5) is 25.8. The van der Waals surface area contributed by atoms with Crippen molar-refractivity contribution in [3.05, 3.63) is 59.2 Å². The van der Waals surface area contributed by atoms with Gasteiger partial charge in [0.15, 0.2) is 0 Å². The Morgan fingerprint density at radius 1 is 1.16 bits per heavy atom. The third kappa shape index (κ3) is 3.38. The number of ether oxygens (including phenoxy) is 1. The van der Waals surface area contributed by atoms with Crippen molar-refractivity contribution in [2.75, 3.05) is 11.4 Å². The molecular formula is C19H17F2NO3. The molecule has 1 heterocycles. The third-order valence-corrected chi connectivity index (χ3v) is 4.27. The van der Waals surface area contributed by atoms with Crippen LogP contribution in [0.4, 0.5) is 14.5 Å². The van der Waals surface area contributed by atoms with E-state index in [0.29, 0.717) is 11.8 Å². The molecule has 0 N–H and O–H groups in total. The zero-order valence-electron chi connectivity index (χ0n) is 13.9. The molecule has 0 aliphatic carbocycles. The largest absolute Gasteiger partial charge is 0.426 e. The Morgan fingerprint density at radius 3 is 2.48 bits per heavy atom. The van der Waals surface area contributed by atoms with Gasteiger partial charge in [-0.15, -0.1) is 0 Å². The lowest BCUT2D eigenvalue weighted by Gasteiger charge is -2.17. The van der Waals surface area contributed by atoms with Crippen LogP contribution in [0.2, 0.25) is 0 Å². The number of para-hydroxylation sites is 1. The first-order valence-corrected chi connectivity index (χ1v) is 7.90. The van der Waals surface area contributed by atoms with Gasteiger partial charge < -0.3 is 9.64 Å². The highest BCUT2D eigenvalue weighted by Crippen LogP contribution is 2.30. The van der Waals surface area contributed by atoms with Gasteiger partial charge in [-0.25, -0.2) is 8.78 Å². The Morgan fingerprint density at radius 2 is 1.84 bits per heavy atom. The van der Waals surface area contributed by atoms with E-state index < -0.39 is 29.4 Å². The molecule has 4 nitrogen and oxygen atoms in total. The van der Waals surface area contributed by atoms with E-state index in [9.17, 15) is 18.4 Å². The number of anilines is 1. The molecule has 1 aliphatic heterocycles. The number of nitrogens with zero attached hydrogens (tertiary/aromatic N) is 1. The normalized spacial score (nSPS) is 17.0. The van der Waals surface area contributed by atoms with Gasteiger partial charge in [0.25, 0.3) is 0 Å². The number of aryl methyl sites for hydroxylation is 2. The number of carbonyl (C=O) groups excluding carboxylic acids is 2. The minimum atomic E-state index is -0.836. The predicted molar refractivity (Wildman–Crippen MR) is 88.4 cm³/mol. The van der Waals surface area contributed by atoms with Crippen molar-refractivity contribution in [3.8, 4) is 5.75 Å². The molecule has 1 fully saturated rings. The molecule has 0 spiro atoms. The minimum Gasteiger partial charge on any atom is -0.426 e. The van der Waals surface area contributed by atoms with Crippen LogP contribution in [-0.4, -0.2) is 18.4 Å². The van der Waals surface area contributed by atoms with Gasteiger partial charge in [0.05, 0.1) is 11.6 Å². The smallest absolute Gasteiger partial charge is 0.316 e. The van der Waals surface area contributed by atoms with Crippen LogP contribution in [0.3, 0.4) is 0 Å². The molecule has 0 saturated carbocycles. The third-order valence-electron chi connectivity index (χ3n) is 4.27. The van der Waals surface area contributed by atoms with Crippen LogP contribution in [0.1, 0.15) is 17.5 Å². The van der Waals surface area contributed by atoms with Crippen LogP contribution in [0.5, 0.6) is 5.75 Å². The van der Waals surface area contributed by atoms with Crippen LogP contribution in [0.15, 0.2) is 36.4 Å². The molecule has 1 saturated heterocycles. The number of halogens is 2. The highest BCUT2D eigenvalue weighted by Gasteiger charge is 2.37. The maximum Gasteiger partial charge on any atom is 0.316 e. The van der Waals surface area contributed by atoms with E-state index in [1.165, 1.54) is 6.07 Å². The number of amides is 1. The van der Waals surface area contributed by atoms with E-state index in [2.05, 4.69) is 0 Å². The summed E-state index contributed by atoms with van der Waals surface area (Å²) in [5, 5.41) is 0. The Bertz CT molecular complexity index is 830. The van der Waals surface area contributed by atoms with Gasteiger partial charge in [-0.05, 0) is 37.1 Å². The summed E-state index contributed by atoms with van der Waals surface area (Å²) < 4.78 is 32.4. The number of esters is 1. The van der Waals surface area contributed by atoms with Gasteiger partial charge in [-0.3, -0.25) is 9.59 Å². The lowest BCUT2D eigenvalue weighted by atomic mass is 10.1. The maximum atomic E-state index is 13.9. The van der Waals surface area contributed by atoms with Gasteiger partial charge in [-0.1, -0.05) is 18.2 Å². The molecule has 0 radical (unpaired) electrons. The lowest BCUT2D eigenvalue weighted by molar-refractivity contribution is -0.139. The number of hydrogen-bond acceptors (Lipinski definition) is 3. The molecule has 6 heteroatoms. The van der Waals surface area contributed by atoms with Crippen molar-refractivity contribution in [2.45, 2.75) is 20.3 Å². The van der Waals surface area contributed by atoms with Crippen molar-refractivity contribution in [3.63, 3.8) is 0 Å². The van der Waals surface area contributed by atoms with Crippen molar-refractivity contribution >= 4 is 17.6 Å². The van der Waals surface area contributed by atoms with Crippen LogP contribution in [0.25, 0.3) is 0 Å². The van der Waals surface area contributed by atoms with Gasteiger partial charge in [-0.2, -0.15) is 0 Å². The fourth-order valence-corrected chi connectivity index (χ4v) is 2.94. The van der Waals surface area contributed by atoms with E-state index in [1.807, 2.05) is 32.0 Å². The van der Waals surface area contributed by atoms with E-state index >= 15 is 0 Å². The fourth-order valence-electron chi connectivity index (χ4n) is 2.94. The van der Waals surface area contributed by atoms with E-state index in [-0.39, 0.29) is 18.7 Å². The first-order valence-electron chi connectivity index (χ1n) is 7.90. The highest BCUT2D eigenvalue weighted by atomic mass is 19.1. The second-order valence-electron chi connectivity index (χ2n) is 6.14. The molecule has 2 aromatic carbocycles. The van der Waals surface area contributed by atoms with Crippen molar-refractivity contribution in [2.24, 2.45) is 5.92 Å². The molecule has 3 rings (SSSR count). The SMILES string of the molecule is Cc1cccc(C)c1OC(=O)[C@@H]1CC(=O)N(c2ccc(F)cc2F)C1. The standard InChI is InChI=1S/C19H17F2NO3/c1-11-4-3-5-12(2)18(11)25-19(24)13-8-17(23)22(10-13)16-7-6-14(20)9-15(16)21/h3-7,9,13H,8,10H2,1-2H3/t13-/m1/s1. The molecule has 1 amide bonds. The Balaban J connectivity index is 1.77. The van der Waals surface area contributed by atoms with Crippen molar-refractivity contribution in [1.82, 2.24) is 0 Å². The molecule has 130 valence electrons. The Kier molecular flexibility index (Phi) is 4.53. The van der Waals surface area contributed by atoms with Crippen LogP contribution >= 0.6 is 0 Å². The average Bonchev–Trinajstić information content (AvgIpc) is 2.93. The monoisotopic (exact) mass is 345 g/mol. The highest BCUT2D eigenvalue weighted by molar-refractivity contribution is 5.99. The Labute approximate surface area is 144 Å². The molecule has 1 atom stereocenters. The van der Waals surface area contributed by atoms with E-state index in [1.54, 1.807) is 0 Å². The number of carbonyl (C=O) groups is 2. The van der Waals surface area contributed by atoms with Crippen molar-refractivity contribution < 1.29 is 23.1 Å². The first-order chi connectivity index (χ1) is 11.9. The summed E-state index contributed by atoms with van der Waals surface area (Å²) in [6.07, 6.45) is -0.0689. The molecular weight excluding hydrogens is 328 g/mol. The van der Waals surface area contributed by atoms with Crippen LogP contribution < -0.4 is 9.64 Å². The maximum absolute atomic E-state index is 13.9. The fraction of sp³-hybridized carbons (Fsp3) is 0.263. The number of hydrogen-bond donors (Lipinski definition) is 0. The quantitative estimate of drug-likeness (QED) is 0.631. The van der Waals surface area contributed by atoms with E-state index in [0.717, 1.165) is 22.1 Å². The number of rotatable bonds is 3. The average molecular weight is 345 g/mol. The summed E-state index contributed by atoms with van der Waals surface area (Å²) in [6.45, 7) is 3.66. The topological polar surface area (TPSA) is 46.6 Å². The summed E-state index contributed by atoms with van der Waals surface area (Å²) in [6, 6.07) is 8.51. The van der Waals surface area contributed by atoms with Gasteiger partial charge in [0.1, 0.15) is 17.4 Å². The molecule has 2 aromatic rings. The van der Waals surface area contributed by atoms with E-state index in [4.69, 9.17) is 4.74 Å². The summed E-state index contributed by atoms with van der Waals surface area (Å²) in [5.41, 5.74) is 1.60. The summed E-state index contributed by atoms with van der Waals surface area (Å²) in [5.74, 6) is -2.71. The second kappa shape index (κ2) is 6.63. The minimum absolute atomic E-state index is 0.00511. The molecule has 0 unspecified atom stereocenters. The predicted octanol–water partition coefficient (Wildman–Crippen LogP) is 3.54. The van der Waals surface area contributed by atoms with Crippen LogP contribution in [0, 0.1) is 31.4 Å². The summed E-state index contributed by atoms with van der Waals surface area (Å²) >= 11 is 0. The van der Waals surface area contributed by atoms with Crippen molar-refractivity contribution in [1.29, 1.82) is 0 Å². The first kappa shape index (κ1) is 17.1. The molecule has 25 heavy (non-hydrogen) atoms. The summed E-state index contributed by atoms with van der Waals surface area (Å²) in [7, 11) is 0. The molecule has 0 aromatic heterocycles. The van der Waals surface area contributed by atoms with Gasteiger partial charge in [0, 0.05) is 19.0 Å². The molecule has 1 aliphatic rings. The van der Waals surface area contributed by atoms with Crippen LogP contribution in [-0.2, 0) is 9.59 Å². The number of benzene rings is 2. The second-order valence-corrected chi connectivity index (χ2v) is 6.14. The molecule has 0 bridgehead atoms. The van der Waals surface area contributed by atoms with Gasteiger partial charge >= 0.3 is 5.97 Å².